The molecule has 3 rings (SSSR count). The average molecular weight is 424 g/mol. The van der Waals surface area contributed by atoms with Crippen molar-refractivity contribution >= 4 is 17.7 Å². The van der Waals surface area contributed by atoms with Crippen LogP contribution >= 0.6 is 0 Å². The summed E-state index contributed by atoms with van der Waals surface area (Å²) < 4.78 is 5.02. The summed E-state index contributed by atoms with van der Waals surface area (Å²) in [6.45, 7) is 8.18. The molecule has 0 atom stereocenters. The lowest BCUT2D eigenvalue weighted by Crippen LogP contribution is -2.46. The van der Waals surface area contributed by atoms with Gasteiger partial charge in [-0.05, 0) is 48.7 Å². The third-order valence-corrected chi connectivity index (χ3v) is 5.42. The fourth-order valence-corrected chi connectivity index (χ4v) is 3.55. The van der Waals surface area contributed by atoms with Crippen LogP contribution in [0.1, 0.15) is 28.4 Å². The van der Waals surface area contributed by atoms with E-state index >= 15 is 0 Å². The van der Waals surface area contributed by atoms with Gasteiger partial charge in [0.1, 0.15) is 0 Å². The molecule has 0 N–H and O–H groups in total. The van der Waals surface area contributed by atoms with Gasteiger partial charge in [-0.3, -0.25) is 15.0 Å². The average Bonchev–Trinajstić information content (AvgIpc) is 2.79. The summed E-state index contributed by atoms with van der Waals surface area (Å²) >= 11 is 0. The smallest absolute Gasteiger partial charge is 0.338 e. The molecule has 0 amide bonds. The molecule has 164 valence electrons. The summed E-state index contributed by atoms with van der Waals surface area (Å²) in [7, 11) is 0. The molecule has 0 unspecified atom stereocenters. The second kappa shape index (κ2) is 11.4. The van der Waals surface area contributed by atoms with Crippen molar-refractivity contribution in [3.63, 3.8) is 0 Å². The Morgan fingerprint density at radius 1 is 1.03 bits per heavy atom. The summed E-state index contributed by atoms with van der Waals surface area (Å²) in [5.74, 6) is -0.271. The van der Waals surface area contributed by atoms with E-state index in [9.17, 15) is 14.9 Å². The Labute approximate surface area is 183 Å². The Morgan fingerprint density at radius 3 is 2.29 bits per heavy atom. The molecular formula is C24H29N3O4. The number of carbonyl (C=O) groups is 1. The number of piperazine rings is 1. The van der Waals surface area contributed by atoms with Crippen LogP contribution in [-0.4, -0.2) is 66.6 Å². The van der Waals surface area contributed by atoms with Gasteiger partial charge in [-0.15, -0.1) is 0 Å². The fraction of sp³-hybridized carbons (Fsp3) is 0.375. The maximum Gasteiger partial charge on any atom is 0.338 e. The number of carbonyl (C=O) groups excluding carboxylic acids is 1. The fourth-order valence-electron chi connectivity index (χ4n) is 3.55. The largest absolute Gasteiger partial charge is 0.462 e. The summed E-state index contributed by atoms with van der Waals surface area (Å²) in [5.41, 5.74) is 2.91. The van der Waals surface area contributed by atoms with Crippen molar-refractivity contribution in [1.29, 1.82) is 0 Å². The van der Waals surface area contributed by atoms with Crippen molar-refractivity contribution in [3.05, 3.63) is 81.4 Å². The van der Waals surface area contributed by atoms with Crippen molar-refractivity contribution in [2.75, 3.05) is 45.9 Å². The maximum absolute atomic E-state index is 11.7. The first-order valence-corrected chi connectivity index (χ1v) is 10.7. The number of hydrogen-bond acceptors (Lipinski definition) is 6. The minimum absolute atomic E-state index is 0.114. The van der Waals surface area contributed by atoms with Crippen LogP contribution in [-0.2, 0) is 11.2 Å². The number of ether oxygens (including phenoxy) is 1. The van der Waals surface area contributed by atoms with Crippen LogP contribution < -0.4 is 0 Å². The Morgan fingerprint density at radius 2 is 1.68 bits per heavy atom. The summed E-state index contributed by atoms with van der Waals surface area (Å²) in [5, 5.41) is 10.7. The number of nitro benzene ring substituents is 1. The van der Waals surface area contributed by atoms with Crippen molar-refractivity contribution in [2.24, 2.45) is 0 Å². The number of nitrogens with zero attached hydrogens (tertiary/aromatic N) is 3. The predicted octanol–water partition coefficient (Wildman–Crippen LogP) is 3.65. The van der Waals surface area contributed by atoms with E-state index in [0.29, 0.717) is 12.2 Å². The third-order valence-electron chi connectivity index (χ3n) is 5.42. The zero-order valence-electron chi connectivity index (χ0n) is 17.9. The van der Waals surface area contributed by atoms with E-state index in [2.05, 4.69) is 15.9 Å². The van der Waals surface area contributed by atoms with Gasteiger partial charge in [0, 0.05) is 51.4 Å². The van der Waals surface area contributed by atoms with Gasteiger partial charge >= 0.3 is 5.97 Å². The van der Waals surface area contributed by atoms with E-state index in [1.165, 1.54) is 17.7 Å². The van der Waals surface area contributed by atoms with Crippen LogP contribution in [0.15, 0.2) is 54.6 Å². The highest BCUT2D eigenvalue weighted by Crippen LogP contribution is 2.13. The molecular weight excluding hydrogens is 394 g/mol. The van der Waals surface area contributed by atoms with Crippen LogP contribution in [0.2, 0.25) is 0 Å². The zero-order valence-corrected chi connectivity index (χ0v) is 17.9. The first-order valence-electron chi connectivity index (χ1n) is 10.7. The highest BCUT2D eigenvalue weighted by Gasteiger charge is 2.15. The van der Waals surface area contributed by atoms with E-state index in [1.807, 2.05) is 30.3 Å². The van der Waals surface area contributed by atoms with E-state index < -0.39 is 0 Å². The van der Waals surface area contributed by atoms with Crippen LogP contribution in [0.3, 0.4) is 0 Å². The Balaban J connectivity index is 1.36. The molecule has 0 bridgehead atoms. The molecule has 1 aliphatic rings. The molecule has 0 aliphatic carbocycles. The number of esters is 1. The minimum Gasteiger partial charge on any atom is -0.462 e. The first kappa shape index (κ1) is 22.7. The normalized spacial score (nSPS) is 15.3. The van der Waals surface area contributed by atoms with Crippen LogP contribution in [0.25, 0.3) is 6.08 Å². The topological polar surface area (TPSA) is 75.9 Å². The molecule has 2 aromatic carbocycles. The molecule has 0 aromatic heterocycles. The number of hydrogen-bond donors (Lipinski definition) is 0. The van der Waals surface area contributed by atoms with Crippen molar-refractivity contribution in [2.45, 2.75) is 13.3 Å². The maximum atomic E-state index is 11.7. The summed E-state index contributed by atoms with van der Waals surface area (Å²) in [6, 6.07) is 14.3. The van der Waals surface area contributed by atoms with E-state index in [4.69, 9.17) is 4.74 Å². The molecule has 1 heterocycles. The van der Waals surface area contributed by atoms with Gasteiger partial charge in [0.2, 0.25) is 0 Å². The molecule has 1 fully saturated rings. The van der Waals surface area contributed by atoms with Crippen molar-refractivity contribution < 1.29 is 14.5 Å². The molecule has 1 aliphatic heterocycles. The minimum atomic E-state index is -0.383. The van der Waals surface area contributed by atoms with Gasteiger partial charge in [0.15, 0.2) is 0 Å². The zero-order chi connectivity index (χ0) is 22.1. The molecule has 2 aromatic rings. The molecule has 0 radical (unpaired) electrons. The molecule has 7 nitrogen and oxygen atoms in total. The number of benzene rings is 2. The number of non-ortho nitro benzene ring substituents is 1. The standard InChI is InChI=1S/C24H29N3O4/c1-2-31-24(28)22-9-5-21(6-10-22)13-15-26-18-16-25(17-19-26)14-3-4-20-7-11-23(12-8-20)27(29)30/h3-12H,2,13-19H2,1H3. The Bertz CT molecular complexity index is 886. The quantitative estimate of drug-likeness (QED) is 0.348. The molecule has 31 heavy (non-hydrogen) atoms. The lowest BCUT2D eigenvalue weighted by molar-refractivity contribution is -0.384. The monoisotopic (exact) mass is 423 g/mol. The Kier molecular flexibility index (Phi) is 8.32. The second-order valence-electron chi connectivity index (χ2n) is 7.56. The van der Waals surface area contributed by atoms with E-state index in [-0.39, 0.29) is 16.6 Å². The second-order valence-corrected chi connectivity index (χ2v) is 7.56. The van der Waals surface area contributed by atoms with Gasteiger partial charge < -0.3 is 9.64 Å². The predicted molar refractivity (Wildman–Crippen MR) is 121 cm³/mol. The number of rotatable bonds is 9. The van der Waals surface area contributed by atoms with Crippen molar-refractivity contribution in [1.82, 2.24) is 9.80 Å². The molecule has 0 spiro atoms. The van der Waals surface area contributed by atoms with Crippen LogP contribution in [0.5, 0.6) is 0 Å². The lowest BCUT2D eigenvalue weighted by Gasteiger charge is -2.34. The van der Waals surface area contributed by atoms with Crippen LogP contribution in [0, 0.1) is 10.1 Å². The highest BCUT2D eigenvalue weighted by atomic mass is 16.6. The number of nitro groups is 1. The van der Waals surface area contributed by atoms with Gasteiger partial charge in [0.25, 0.3) is 5.69 Å². The third kappa shape index (κ3) is 7.01. The van der Waals surface area contributed by atoms with Gasteiger partial charge in [-0.1, -0.05) is 24.3 Å². The summed E-state index contributed by atoms with van der Waals surface area (Å²) in [4.78, 5) is 26.9. The Hall–Kier alpha value is -3.03. The molecule has 0 saturated carbocycles. The lowest BCUT2D eigenvalue weighted by atomic mass is 10.1. The van der Waals surface area contributed by atoms with Gasteiger partial charge in [-0.2, -0.15) is 0 Å². The molecule has 7 heteroatoms. The van der Waals surface area contributed by atoms with Gasteiger partial charge in [-0.25, -0.2) is 4.79 Å². The first-order chi connectivity index (χ1) is 15.0. The van der Waals surface area contributed by atoms with Gasteiger partial charge in [0.05, 0.1) is 17.1 Å². The highest BCUT2D eigenvalue weighted by molar-refractivity contribution is 5.89. The summed E-state index contributed by atoms with van der Waals surface area (Å²) in [6.07, 6.45) is 5.08. The van der Waals surface area contributed by atoms with E-state index in [1.54, 1.807) is 19.1 Å². The van der Waals surface area contributed by atoms with Crippen molar-refractivity contribution in [3.8, 4) is 0 Å². The molecule has 1 saturated heterocycles. The van der Waals surface area contributed by atoms with E-state index in [0.717, 1.165) is 51.3 Å². The SMILES string of the molecule is CCOC(=O)c1ccc(CCN2CCN(CC=Cc3ccc([N+](=O)[O-])cc3)CC2)cc1. The van der Waals surface area contributed by atoms with Crippen LogP contribution in [0.4, 0.5) is 5.69 Å².